The summed E-state index contributed by atoms with van der Waals surface area (Å²) in [4.78, 5) is 46.6. The zero-order chi connectivity index (χ0) is 29.5. The first-order valence-electron chi connectivity index (χ1n) is 14.8. The molecular formula is C32H39N7O3. The first-order valence-corrected chi connectivity index (χ1v) is 14.8. The van der Waals surface area contributed by atoms with E-state index in [0.29, 0.717) is 39.1 Å². The van der Waals surface area contributed by atoms with Crippen LogP contribution in [0.4, 0.5) is 11.5 Å². The van der Waals surface area contributed by atoms with Crippen molar-refractivity contribution < 1.29 is 14.7 Å². The fourth-order valence-corrected chi connectivity index (χ4v) is 6.48. The van der Waals surface area contributed by atoms with E-state index in [-0.39, 0.29) is 35.5 Å². The minimum atomic E-state index is -0.145. The lowest BCUT2D eigenvalue weighted by atomic mass is 10.00. The molecule has 3 aliphatic heterocycles. The van der Waals surface area contributed by atoms with Gasteiger partial charge in [0.05, 0.1) is 12.2 Å². The van der Waals surface area contributed by atoms with Crippen molar-refractivity contribution in [3.8, 4) is 5.75 Å². The molecule has 1 aromatic heterocycles. The van der Waals surface area contributed by atoms with Crippen LogP contribution in [0.25, 0.3) is 10.8 Å². The quantitative estimate of drug-likeness (QED) is 0.480. The Morgan fingerprint density at radius 1 is 1.00 bits per heavy atom. The number of hydrogen-bond acceptors (Lipinski definition) is 8. The molecule has 6 rings (SSSR count). The van der Waals surface area contributed by atoms with Crippen LogP contribution in [0, 0.1) is 0 Å². The van der Waals surface area contributed by atoms with Gasteiger partial charge in [0.25, 0.3) is 5.91 Å². The summed E-state index contributed by atoms with van der Waals surface area (Å²) < 4.78 is 0. The number of anilines is 2. The van der Waals surface area contributed by atoms with Crippen LogP contribution < -0.4 is 9.80 Å². The van der Waals surface area contributed by atoms with Gasteiger partial charge in [-0.25, -0.2) is 9.97 Å². The van der Waals surface area contributed by atoms with E-state index in [9.17, 15) is 14.7 Å². The van der Waals surface area contributed by atoms with E-state index >= 15 is 0 Å². The molecule has 2 aromatic carbocycles. The van der Waals surface area contributed by atoms with Gasteiger partial charge in [-0.1, -0.05) is 30.8 Å². The number of phenolic OH excluding ortho intramolecular Hbond substituents is 1. The molecule has 2 fully saturated rings. The maximum absolute atomic E-state index is 13.8. The first kappa shape index (κ1) is 28.0. The molecule has 10 nitrogen and oxygen atoms in total. The summed E-state index contributed by atoms with van der Waals surface area (Å²) in [5.41, 5.74) is 2.83. The Morgan fingerprint density at radius 2 is 1.76 bits per heavy atom. The Balaban J connectivity index is 1.39. The molecule has 3 aromatic rings. The highest BCUT2D eigenvalue weighted by Gasteiger charge is 2.36. The number of carbonyl (C=O) groups is 2. The summed E-state index contributed by atoms with van der Waals surface area (Å²) in [6.07, 6.45) is 2.07. The molecule has 0 bridgehead atoms. The maximum atomic E-state index is 13.8. The van der Waals surface area contributed by atoms with E-state index in [4.69, 9.17) is 9.97 Å². The van der Waals surface area contributed by atoms with E-state index in [2.05, 4.69) is 41.3 Å². The average molecular weight is 570 g/mol. The molecule has 10 heteroatoms. The van der Waals surface area contributed by atoms with Crippen LogP contribution in [0.3, 0.4) is 0 Å². The van der Waals surface area contributed by atoms with Crippen LogP contribution >= 0.6 is 0 Å². The van der Waals surface area contributed by atoms with Crippen molar-refractivity contribution in [3.05, 3.63) is 66.1 Å². The van der Waals surface area contributed by atoms with Crippen LogP contribution in [0.1, 0.15) is 35.7 Å². The normalized spacial score (nSPS) is 21.4. The smallest absolute Gasteiger partial charge is 0.291 e. The van der Waals surface area contributed by atoms with Crippen molar-refractivity contribution in [1.29, 1.82) is 0 Å². The predicted octanol–water partition coefficient (Wildman–Crippen LogP) is 2.90. The number of piperazine rings is 2. The van der Waals surface area contributed by atoms with Gasteiger partial charge in [0.15, 0.2) is 0 Å². The third kappa shape index (κ3) is 5.15. The molecule has 1 N–H and O–H groups in total. The van der Waals surface area contributed by atoms with Crippen LogP contribution in [0.2, 0.25) is 0 Å². The number of rotatable bonds is 4. The molecule has 3 aliphatic rings. The number of aromatic nitrogens is 2. The van der Waals surface area contributed by atoms with E-state index in [1.165, 1.54) is 6.08 Å². The van der Waals surface area contributed by atoms with Crippen molar-refractivity contribution >= 4 is 34.1 Å². The second-order valence-electron chi connectivity index (χ2n) is 11.8. The molecule has 0 unspecified atom stereocenters. The highest BCUT2D eigenvalue weighted by atomic mass is 16.3. The molecule has 0 spiro atoms. The molecule has 0 saturated carbocycles. The van der Waals surface area contributed by atoms with Gasteiger partial charge in [0.1, 0.15) is 11.6 Å². The van der Waals surface area contributed by atoms with E-state index in [0.717, 1.165) is 53.2 Å². The molecule has 2 atom stereocenters. The molecule has 220 valence electrons. The van der Waals surface area contributed by atoms with Gasteiger partial charge < -0.3 is 29.6 Å². The van der Waals surface area contributed by atoms with Gasteiger partial charge in [-0.05, 0) is 44.8 Å². The average Bonchev–Trinajstić information content (AvgIpc) is 3.00. The minimum Gasteiger partial charge on any atom is -0.508 e. The number of fused-ring (bicyclic) bond motifs is 2. The highest BCUT2D eigenvalue weighted by Crippen LogP contribution is 2.36. The number of carbonyl (C=O) groups excluding carboxylic acids is 2. The standard InChI is InChI=1S/C32H39N7O3/c1-5-29(41)38-18-22(3)39(19-21(38)2)31-26-10-11-37(28-17-24(40)16-23-8-6-7-9-25(23)28)20-27(26)33-30(34-31)32(42)36-14-12-35(4)13-15-36/h5-9,16-17,21-22,40H,1,10-15,18-20H2,2-4H3/t21-,22+/m1/s1. The maximum Gasteiger partial charge on any atom is 0.291 e. The molecule has 4 heterocycles. The summed E-state index contributed by atoms with van der Waals surface area (Å²) in [5.74, 6) is 1.02. The van der Waals surface area contributed by atoms with Crippen LogP contribution in [0.5, 0.6) is 5.75 Å². The predicted molar refractivity (Wildman–Crippen MR) is 164 cm³/mol. The van der Waals surface area contributed by atoms with E-state index in [1.54, 1.807) is 6.07 Å². The summed E-state index contributed by atoms with van der Waals surface area (Å²) in [6, 6.07) is 11.6. The van der Waals surface area contributed by atoms with Crippen molar-refractivity contribution in [1.82, 2.24) is 24.7 Å². The number of likely N-dealkylation sites (N-methyl/N-ethyl adjacent to an activating group) is 1. The van der Waals surface area contributed by atoms with Gasteiger partial charge in [-0.15, -0.1) is 0 Å². The number of nitrogens with zero attached hydrogens (tertiary/aromatic N) is 7. The van der Waals surface area contributed by atoms with Crippen molar-refractivity contribution in [2.75, 3.05) is 62.7 Å². The van der Waals surface area contributed by atoms with Gasteiger partial charge >= 0.3 is 0 Å². The number of hydrogen-bond donors (Lipinski definition) is 1. The lowest BCUT2D eigenvalue weighted by Gasteiger charge is -2.45. The van der Waals surface area contributed by atoms with Gasteiger partial charge in [-0.3, -0.25) is 9.59 Å². The summed E-state index contributed by atoms with van der Waals surface area (Å²) in [6.45, 7) is 13.1. The molecular weight excluding hydrogens is 530 g/mol. The highest BCUT2D eigenvalue weighted by molar-refractivity contribution is 5.96. The SMILES string of the molecule is C=CC(=O)N1C[C@H](C)N(c2nc(C(=O)N3CCN(C)CC3)nc3c2CCN(c2cc(O)cc4ccccc24)C3)C[C@H]1C. The van der Waals surface area contributed by atoms with Gasteiger partial charge in [0.2, 0.25) is 11.7 Å². The van der Waals surface area contributed by atoms with E-state index in [1.807, 2.05) is 41.0 Å². The minimum absolute atomic E-state index is 0.00346. The fourth-order valence-electron chi connectivity index (χ4n) is 6.48. The monoisotopic (exact) mass is 569 g/mol. The Labute approximate surface area is 246 Å². The summed E-state index contributed by atoms with van der Waals surface area (Å²) in [7, 11) is 2.06. The lowest BCUT2D eigenvalue weighted by molar-refractivity contribution is -0.128. The molecule has 2 saturated heterocycles. The fraction of sp³-hybridized carbons (Fsp3) is 0.438. The second kappa shape index (κ2) is 11.2. The number of benzene rings is 2. The Kier molecular flexibility index (Phi) is 7.49. The van der Waals surface area contributed by atoms with Gasteiger partial charge in [0, 0.05) is 80.6 Å². The number of phenols is 1. The molecule has 0 radical (unpaired) electrons. The van der Waals surface area contributed by atoms with E-state index < -0.39 is 0 Å². The van der Waals surface area contributed by atoms with Crippen molar-refractivity contribution in [3.63, 3.8) is 0 Å². The topological polar surface area (TPSA) is 96.4 Å². The number of aromatic hydroxyl groups is 1. The molecule has 42 heavy (non-hydrogen) atoms. The molecule has 0 aliphatic carbocycles. The molecule has 2 amide bonds. The summed E-state index contributed by atoms with van der Waals surface area (Å²) in [5, 5.41) is 12.6. The third-order valence-electron chi connectivity index (χ3n) is 8.91. The largest absolute Gasteiger partial charge is 0.508 e. The van der Waals surface area contributed by atoms with Gasteiger partial charge in [-0.2, -0.15) is 0 Å². The lowest BCUT2D eigenvalue weighted by Crippen LogP contribution is -2.58. The Bertz CT molecular complexity index is 1530. The zero-order valence-electron chi connectivity index (χ0n) is 24.7. The third-order valence-corrected chi connectivity index (χ3v) is 8.91. The van der Waals surface area contributed by atoms with Crippen LogP contribution in [0.15, 0.2) is 49.1 Å². The van der Waals surface area contributed by atoms with Crippen molar-refractivity contribution in [2.24, 2.45) is 0 Å². The number of amides is 2. The summed E-state index contributed by atoms with van der Waals surface area (Å²) >= 11 is 0. The van der Waals surface area contributed by atoms with Crippen molar-refractivity contribution in [2.45, 2.75) is 38.9 Å². The first-order chi connectivity index (χ1) is 20.2. The van der Waals surface area contributed by atoms with Crippen LogP contribution in [-0.2, 0) is 17.8 Å². The second-order valence-corrected chi connectivity index (χ2v) is 11.8. The Hall–Kier alpha value is -4.18. The Morgan fingerprint density at radius 3 is 2.52 bits per heavy atom. The van der Waals surface area contributed by atoms with Crippen LogP contribution in [-0.4, -0.2) is 107 Å². The zero-order valence-corrected chi connectivity index (χ0v) is 24.7.